The summed E-state index contributed by atoms with van der Waals surface area (Å²) in [6.45, 7) is 0. The maximum absolute atomic E-state index is 9.44. The first kappa shape index (κ1) is 29.7. The SMILES string of the molecule is N#Cc1ccc(N(c2ccc(-c3ccc(-c4ccc5c6c4ccc4cccc(c46)n5-c4ccccc4)cc3)cc2)c2cccc3ccccc23)cc1. The molecule has 0 amide bonds. The summed E-state index contributed by atoms with van der Waals surface area (Å²) in [4.78, 5) is 2.27. The fraction of sp³-hybridized carbons (Fsp3) is 0. The number of aromatic nitrogens is 1. The van der Waals surface area contributed by atoms with Gasteiger partial charge < -0.3 is 9.47 Å². The zero-order valence-electron chi connectivity index (χ0n) is 28.2. The Labute approximate surface area is 301 Å². The molecule has 1 heterocycles. The molecule has 0 atom stereocenters. The largest absolute Gasteiger partial charge is 0.310 e. The van der Waals surface area contributed by atoms with Crippen LogP contribution < -0.4 is 4.90 Å². The summed E-state index contributed by atoms with van der Waals surface area (Å²) in [5.74, 6) is 0. The van der Waals surface area contributed by atoms with E-state index in [2.05, 4.69) is 179 Å². The first-order valence-electron chi connectivity index (χ1n) is 17.6. The third-order valence-electron chi connectivity index (χ3n) is 10.4. The molecule has 10 aromatic rings. The summed E-state index contributed by atoms with van der Waals surface area (Å²) in [6.07, 6.45) is 0. The number of nitriles is 1. The number of rotatable bonds is 6. The van der Waals surface area contributed by atoms with E-state index in [-0.39, 0.29) is 0 Å². The van der Waals surface area contributed by atoms with Gasteiger partial charge in [-0.25, -0.2) is 0 Å². The summed E-state index contributed by atoms with van der Waals surface area (Å²) in [5.41, 5.74) is 12.2. The van der Waals surface area contributed by atoms with Crippen LogP contribution in [0.15, 0.2) is 188 Å². The Morgan fingerprint density at radius 2 is 1.04 bits per heavy atom. The second-order valence-electron chi connectivity index (χ2n) is 13.3. The van der Waals surface area contributed by atoms with E-state index in [1.807, 2.05) is 24.3 Å². The van der Waals surface area contributed by atoms with Gasteiger partial charge >= 0.3 is 0 Å². The molecule has 0 spiro atoms. The molecule has 52 heavy (non-hydrogen) atoms. The summed E-state index contributed by atoms with van der Waals surface area (Å²) in [5, 5.41) is 17.0. The average Bonchev–Trinajstić information content (AvgIpc) is 3.56. The van der Waals surface area contributed by atoms with Crippen molar-refractivity contribution in [2.24, 2.45) is 0 Å². The van der Waals surface area contributed by atoms with Crippen LogP contribution in [-0.4, -0.2) is 4.57 Å². The Morgan fingerprint density at radius 1 is 0.423 bits per heavy atom. The lowest BCUT2D eigenvalue weighted by molar-refractivity contribution is 1.18. The molecule has 9 aromatic carbocycles. The smallest absolute Gasteiger partial charge is 0.0991 e. The highest BCUT2D eigenvalue weighted by Crippen LogP contribution is 2.43. The van der Waals surface area contributed by atoms with Gasteiger partial charge in [0.05, 0.1) is 28.4 Å². The molecule has 0 aliphatic rings. The quantitative estimate of drug-likeness (QED) is 0.166. The second kappa shape index (κ2) is 12.0. The number of hydrogen-bond donors (Lipinski definition) is 0. The van der Waals surface area contributed by atoms with Crippen molar-refractivity contribution >= 4 is 60.4 Å². The normalized spacial score (nSPS) is 11.4. The molecular formula is C49H31N3. The molecular weight excluding hydrogens is 631 g/mol. The lowest BCUT2D eigenvalue weighted by Crippen LogP contribution is -2.10. The molecule has 0 saturated carbocycles. The highest BCUT2D eigenvalue weighted by molar-refractivity contribution is 6.26. The Morgan fingerprint density at radius 3 is 1.81 bits per heavy atom. The van der Waals surface area contributed by atoms with Gasteiger partial charge in [-0.15, -0.1) is 0 Å². The van der Waals surface area contributed by atoms with Gasteiger partial charge in [-0.2, -0.15) is 5.26 Å². The number of fused-ring (bicyclic) bond motifs is 1. The molecule has 0 bridgehead atoms. The van der Waals surface area contributed by atoms with Gasteiger partial charge in [-0.3, -0.25) is 0 Å². The van der Waals surface area contributed by atoms with Crippen molar-refractivity contribution in [3.05, 3.63) is 194 Å². The number of anilines is 3. The fourth-order valence-corrected chi connectivity index (χ4v) is 7.96. The van der Waals surface area contributed by atoms with Crippen molar-refractivity contribution < 1.29 is 0 Å². The highest BCUT2D eigenvalue weighted by Gasteiger charge is 2.19. The number of benzene rings is 9. The second-order valence-corrected chi connectivity index (χ2v) is 13.3. The lowest BCUT2D eigenvalue weighted by Gasteiger charge is -2.27. The molecule has 3 heteroatoms. The molecule has 0 aliphatic heterocycles. The van der Waals surface area contributed by atoms with Crippen LogP contribution in [0, 0.1) is 11.3 Å². The van der Waals surface area contributed by atoms with Crippen LogP contribution in [0.4, 0.5) is 17.1 Å². The molecule has 0 aliphatic carbocycles. The molecule has 0 radical (unpaired) electrons. The zero-order valence-corrected chi connectivity index (χ0v) is 28.2. The first-order chi connectivity index (χ1) is 25.7. The molecule has 10 rings (SSSR count). The molecule has 0 fully saturated rings. The van der Waals surface area contributed by atoms with E-state index in [4.69, 9.17) is 0 Å². The van der Waals surface area contributed by atoms with Crippen molar-refractivity contribution in [2.45, 2.75) is 0 Å². The zero-order chi connectivity index (χ0) is 34.6. The van der Waals surface area contributed by atoms with Crippen LogP contribution in [0.5, 0.6) is 0 Å². The van der Waals surface area contributed by atoms with E-state index in [0.717, 1.165) is 22.6 Å². The van der Waals surface area contributed by atoms with E-state index in [1.54, 1.807) is 0 Å². The minimum absolute atomic E-state index is 0.643. The third kappa shape index (κ3) is 4.74. The van der Waals surface area contributed by atoms with Crippen molar-refractivity contribution in [1.82, 2.24) is 4.57 Å². The molecule has 0 unspecified atom stereocenters. The van der Waals surface area contributed by atoms with Crippen LogP contribution in [0.1, 0.15) is 5.56 Å². The molecule has 1 aromatic heterocycles. The van der Waals surface area contributed by atoms with Gasteiger partial charge in [0.15, 0.2) is 0 Å². The van der Waals surface area contributed by atoms with Gasteiger partial charge in [0, 0.05) is 33.2 Å². The maximum atomic E-state index is 9.44. The summed E-state index contributed by atoms with van der Waals surface area (Å²) >= 11 is 0. The fourth-order valence-electron chi connectivity index (χ4n) is 7.96. The minimum atomic E-state index is 0.643. The first-order valence-corrected chi connectivity index (χ1v) is 17.6. The van der Waals surface area contributed by atoms with Crippen LogP contribution in [-0.2, 0) is 0 Å². The van der Waals surface area contributed by atoms with Crippen molar-refractivity contribution in [1.29, 1.82) is 5.26 Å². The van der Waals surface area contributed by atoms with E-state index < -0.39 is 0 Å². The number of nitrogens with zero attached hydrogens (tertiary/aromatic N) is 3. The van der Waals surface area contributed by atoms with Gasteiger partial charge in [-0.05, 0) is 105 Å². The molecule has 242 valence electrons. The van der Waals surface area contributed by atoms with Gasteiger partial charge in [-0.1, -0.05) is 121 Å². The Hall–Kier alpha value is -7.15. The van der Waals surface area contributed by atoms with Gasteiger partial charge in [0.25, 0.3) is 0 Å². The summed E-state index contributed by atoms with van der Waals surface area (Å²) in [7, 11) is 0. The van der Waals surface area contributed by atoms with E-state index >= 15 is 0 Å². The maximum Gasteiger partial charge on any atom is 0.0991 e. The van der Waals surface area contributed by atoms with Crippen LogP contribution in [0.3, 0.4) is 0 Å². The molecule has 0 N–H and O–H groups in total. The predicted octanol–water partition coefficient (Wildman–Crippen LogP) is 13.2. The summed E-state index contributed by atoms with van der Waals surface area (Å²) < 4.78 is 2.39. The highest BCUT2D eigenvalue weighted by atomic mass is 15.1. The van der Waals surface area contributed by atoms with E-state index in [9.17, 15) is 5.26 Å². The van der Waals surface area contributed by atoms with Crippen molar-refractivity contribution in [3.8, 4) is 34.0 Å². The van der Waals surface area contributed by atoms with Crippen molar-refractivity contribution in [2.75, 3.05) is 4.90 Å². The number of para-hydroxylation sites is 1. The Kier molecular flexibility index (Phi) is 6.87. The minimum Gasteiger partial charge on any atom is -0.310 e. The topological polar surface area (TPSA) is 32.0 Å². The lowest BCUT2D eigenvalue weighted by atomic mass is 9.93. The number of hydrogen-bond acceptors (Lipinski definition) is 2. The van der Waals surface area contributed by atoms with E-state index in [1.165, 1.54) is 65.7 Å². The van der Waals surface area contributed by atoms with E-state index in [0.29, 0.717) is 5.56 Å². The van der Waals surface area contributed by atoms with Crippen LogP contribution in [0.25, 0.3) is 71.3 Å². The Bertz CT molecular complexity index is 2930. The monoisotopic (exact) mass is 661 g/mol. The van der Waals surface area contributed by atoms with Crippen LogP contribution >= 0.6 is 0 Å². The van der Waals surface area contributed by atoms with Gasteiger partial charge in [0.1, 0.15) is 0 Å². The van der Waals surface area contributed by atoms with Crippen LogP contribution in [0.2, 0.25) is 0 Å². The summed E-state index contributed by atoms with van der Waals surface area (Å²) in [6, 6.07) is 69.0. The van der Waals surface area contributed by atoms with Gasteiger partial charge in [0.2, 0.25) is 0 Å². The Balaban J connectivity index is 1.02. The molecule has 3 nitrogen and oxygen atoms in total. The van der Waals surface area contributed by atoms with Crippen molar-refractivity contribution in [3.63, 3.8) is 0 Å². The third-order valence-corrected chi connectivity index (χ3v) is 10.4. The average molecular weight is 662 g/mol. The molecule has 0 saturated heterocycles. The predicted molar refractivity (Wildman–Crippen MR) is 217 cm³/mol. The standard InChI is InChI=1S/C49H31N3/c50-32-33-16-25-40(26-17-33)51(45-14-6-9-36-8-4-5-13-43(36)45)41-27-22-35(23-28-41)34-18-20-37(21-19-34)42-30-31-47-49-44(42)29-24-38-10-7-15-46(48(38)49)52(47)39-11-2-1-3-12-39/h1-31H.